The highest BCUT2D eigenvalue weighted by atomic mass is 19.3. The minimum Gasteiger partial charge on any atom is -0.411 e. The smallest absolute Gasteiger partial charge is 0.324 e. The van der Waals surface area contributed by atoms with E-state index >= 15 is 0 Å². The van der Waals surface area contributed by atoms with Crippen molar-refractivity contribution in [3.8, 4) is 0 Å². The number of nitrogens with two attached hydrogens (primary N) is 1. The zero-order valence-corrected chi connectivity index (χ0v) is 4.51. The van der Waals surface area contributed by atoms with Gasteiger partial charge in [0.05, 0.1) is 5.70 Å². The quantitative estimate of drug-likeness (QED) is 0.331. The van der Waals surface area contributed by atoms with Gasteiger partial charge in [-0.15, -0.1) is 0 Å². The molecule has 0 aliphatic heterocycles. The fraction of sp³-hybridized carbons (Fsp3) is 0.250. The second-order valence-corrected chi connectivity index (χ2v) is 1.39. The molecule has 9 heavy (non-hydrogen) atoms. The molecule has 5 heteroatoms. The molecule has 0 rings (SSSR count). The summed E-state index contributed by atoms with van der Waals surface area (Å²) in [6.07, 6.45) is 0.00926. The van der Waals surface area contributed by atoms with Gasteiger partial charge in [-0.25, -0.2) is 0 Å². The minimum absolute atomic E-state index is 0.00926. The number of oxime groups is 1. The van der Waals surface area contributed by atoms with E-state index < -0.39 is 11.6 Å². The van der Waals surface area contributed by atoms with Gasteiger partial charge in [-0.05, 0) is 0 Å². The van der Waals surface area contributed by atoms with Crippen LogP contribution in [0.4, 0.5) is 8.78 Å². The standard InChI is InChI=1S/C4H6F2N2O/c1-3(7)4(5,6)2-8-9/h2,9H,1,7H2. The van der Waals surface area contributed by atoms with Crippen molar-refractivity contribution in [2.45, 2.75) is 5.92 Å². The molecule has 0 aromatic carbocycles. The zero-order chi connectivity index (χ0) is 7.49. The van der Waals surface area contributed by atoms with Crippen molar-refractivity contribution in [2.24, 2.45) is 10.9 Å². The second-order valence-electron chi connectivity index (χ2n) is 1.39. The Morgan fingerprint density at radius 3 is 2.33 bits per heavy atom. The molecule has 3 nitrogen and oxygen atoms in total. The summed E-state index contributed by atoms with van der Waals surface area (Å²) in [6, 6.07) is 0. The summed E-state index contributed by atoms with van der Waals surface area (Å²) in [5.41, 5.74) is 3.76. The molecule has 0 aliphatic rings. The molecular formula is C4H6F2N2O. The summed E-state index contributed by atoms with van der Waals surface area (Å²) < 4.78 is 24.0. The maximum atomic E-state index is 12.0. The van der Waals surface area contributed by atoms with Gasteiger partial charge < -0.3 is 10.9 Å². The van der Waals surface area contributed by atoms with Crippen molar-refractivity contribution >= 4 is 6.21 Å². The van der Waals surface area contributed by atoms with Crippen LogP contribution in [-0.4, -0.2) is 17.3 Å². The molecule has 3 N–H and O–H groups in total. The van der Waals surface area contributed by atoms with E-state index in [4.69, 9.17) is 5.21 Å². The monoisotopic (exact) mass is 136 g/mol. The Balaban J connectivity index is 4.19. The summed E-state index contributed by atoms with van der Waals surface area (Å²) in [7, 11) is 0. The highest BCUT2D eigenvalue weighted by Crippen LogP contribution is 2.14. The number of hydrogen-bond donors (Lipinski definition) is 2. The summed E-state index contributed by atoms with van der Waals surface area (Å²) >= 11 is 0. The predicted molar refractivity (Wildman–Crippen MR) is 28.6 cm³/mol. The van der Waals surface area contributed by atoms with E-state index in [1.54, 1.807) is 0 Å². The zero-order valence-electron chi connectivity index (χ0n) is 4.51. The Bertz CT molecular complexity index is 144. The van der Waals surface area contributed by atoms with E-state index in [9.17, 15) is 8.78 Å². The highest BCUT2D eigenvalue weighted by Gasteiger charge is 2.28. The van der Waals surface area contributed by atoms with Gasteiger partial charge >= 0.3 is 5.92 Å². The van der Waals surface area contributed by atoms with Gasteiger partial charge in [-0.1, -0.05) is 11.7 Å². The number of hydrogen-bond acceptors (Lipinski definition) is 3. The first-order valence-electron chi connectivity index (χ1n) is 2.02. The topological polar surface area (TPSA) is 58.6 Å². The van der Waals surface area contributed by atoms with Crippen molar-refractivity contribution < 1.29 is 14.0 Å². The van der Waals surface area contributed by atoms with Crippen molar-refractivity contribution in [1.29, 1.82) is 0 Å². The maximum Gasteiger partial charge on any atom is 0.324 e. The number of halogens is 2. The van der Waals surface area contributed by atoms with Gasteiger partial charge in [0.15, 0.2) is 0 Å². The molecule has 0 saturated heterocycles. The largest absolute Gasteiger partial charge is 0.411 e. The third-order valence-corrected chi connectivity index (χ3v) is 0.648. The molecule has 0 unspecified atom stereocenters. The van der Waals surface area contributed by atoms with Crippen LogP contribution in [0.3, 0.4) is 0 Å². The van der Waals surface area contributed by atoms with Gasteiger partial charge in [-0.3, -0.25) is 0 Å². The maximum absolute atomic E-state index is 12.0. The Morgan fingerprint density at radius 1 is 1.78 bits per heavy atom. The Morgan fingerprint density at radius 2 is 2.22 bits per heavy atom. The van der Waals surface area contributed by atoms with Gasteiger partial charge in [-0.2, -0.15) is 8.78 Å². The summed E-state index contributed by atoms with van der Waals surface area (Å²) in [5.74, 6) is -3.41. The Hall–Kier alpha value is -1.13. The van der Waals surface area contributed by atoms with Crippen LogP contribution in [0.1, 0.15) is 0 Å². The van der Waals surface area contributed by atoms with Crippen LogP contribution < -0.4 is 5.73 Å². The van der Waals surface area contributed by atoms with Crippen LogP contribution in [0.25, 0.3) is 0 Å². The van der Waals surface area contributed by atoms with Crippen molar-refractivity contribution in [1.82, 2.24) is 0 Å². The molecule has 0 radical (unpaired) electrons. The summed E-state index contributed by atoms with van der Waals surface area (Å²) in [5, 5.41) is 9.76. The second kappa shape index (κ2) is 2.43. The van der Waals surface area contributed by atoms with Gasteiger partial charge in [0, 0.05) is 0 Å². The summed E-state index contributed by atoms with van der Waals surface area (Å²) in [4.78, 5) is 0. The number of alkyl halides is 2. The molecule has 0 fully saturated rings. The SMILES string of the molecule is C=C(N)C(F)(F)C=NO. The van der Waals surface area contributed by atoms with Crippen LogP contribution in [-0.2, 0) is 0 Å². The van der Waals surface area contributed by atoms with E-state index in [1.165, 1.54) is 0 Å². The third-order valence-electron chi connectivity index (χ3n) is 0.648. The fourth-order valence-electron chi connectivity index (χ4n) is 0.155. The molecule has 0 amide bonds. The van der Waals surface area contributed by atoms with E-state index in [-0.39, 0.29) is 6.21 Å². The first kappa shape index (κ1) is 7.87. The third kappa shape index (κ3) is 2.07. The first-order valence-corrected chi connectivity index (χ1v) is 2.02. The molecule has 0 heterocycles. The first-order chi connectivity index (χ1) is 4.00. The van der Waals surface area contributed by atoms with Crippen LogP contribution in [0.5, 0.6) is 0 Å². The molecule has 0 saturated carbocycles. The predicted octanol–water partition coefficient (Wildman–Crippen LogP) is 0.554. The molecule has 0 atom stereocenters. The van der Waals surface area contributed by atoms with E-state index in [0.717, 1.165) is 0 Å². The van der Waals surface area contributed by atoms with Crippen LogP contribution in [0, 0.1) is 0 Å². The lowest BCUT2D eigenvalue weighted by molar-refractivity contribution is 0.120. The molecule has 52 valence electrons. The lowest BCUT2D eigenvalue weighted by atomic mass is 10.3. The molecular weight excluding hydrogens is 130 g/mol. The summed E-state index contributed by atoms with van der Waals surface area (Å²) in [6.45, 7) is 2.77. The van der Waals surface area contributed by atoms with E-state index in [1.807, 2.05) is 0 Å². The molecule has 0 aromatic heterocycles. The number of nitrogens with zero attached hydrogens (tertiary/aromatic N) is 1. The van der Waals surface area contributed by atoms with Crippen molar-refractivity contribution in [3.05, 3.63) is 12.3 Å². The molecule has 0 spiro atoms. The average Bonchev–Trinajstić information content (AvgIpc) is 1.65. The average molecular weight is 136 g/mol. The Kier molecular flexibility index (Phi) is 2.12. The minimum atomic E-state index is -3.41. The fourth-order valence-corrected chi connectivity index (χ4v) is 0.155. The van der Waals surface area contributed by atoms with Crippen molar-refractivity contribution in [3.63, 3.8) is 0 Å². The molecule has 0 aromatic rings. The normalized spacial score (nSPS) is 12.2. The number of allylic oxidation sites excluding steroid dienone is 1. The van der Waals surface area contributed by atoms with Crippen molar-refractivity contribution in [2.75, 3.05) is 0 Å². The highest BCUT2D eigenvalue weighted by molar-refractivity contribution is 5.69. The van der Waals surface area contributed by atoms with Gasteiger partial charge in [0.2, 0.25) is 0 Å². The Labute approximate surface area is 50.5 Å². The van der Waals surface area contributed by atoms with Crippen LogP contribution >= 0.6 is 0 Å². The van der Waals surface area contributed by atoms with Gasteiger partial charge in [0.25, 0.3) is 0 Å². The van der Waals surface area contributed by atoms with Crippen LogP contribution in [0.2, 0.25) is 0 Å². The lowest BCUT2D eigenvalue weighted by Gasteiger charge is -2.07. The van der Waals surface area contributed by atoms with E-state index in [2.05, 4.69) is 17.5 Å². The molecule has 0 aliphatic carbocycles. The van der Waals surface area contributed by atoms with Crippen LogP contribution in [0.15, 0.2) is 17.4 Å². The molecule has 0 bridgehead atoms. The lowest BCUT2D eigenvalue weighted by Crippen LogP contribution is -2.25. The number of rotatable bonds is 2. The van der Waals surface area contributed by atoms with E-state index in [0.29, 0.717) is 0 Å². The van der Waals surface area contributed by atoms with Gasteiger partial charge in [0.1, 0.15) is 6.21 Å².